The number of nitrogens with zero attached hydrogens (tertiary/aromatic N) is 2. The first-order chi connectivity index (χ1) is 10.0. The fourth-order valence-electron chi connectivity index (χ4n) is 1.95. The van der Waals surface area contributed by atoms with Crippen LogP contribution < -0.4 is 4.74 Å². The number of carboxylic acids is 1. The molecule has 0 amide bonds. The van der Waals surface area contributed by atoms with E-state index in [9.17, 15) is 4.79 Å². The molecule has 0 aliphatic heterocycles. The summed E-state index contributed by atoms with van der Waals surface area (Å²) in [5.74, 6) is 0.261. The number of ether oxygens (including phenoxy) is 1. The maximum atomic E-state index is 11.0. The summed E-state index contributed by atoms with van der Waals surface area (Å²) < 4.78 is 7.30. The van der Waals surface area contributed by atoms with E-state index < -0.39 is 5.97 Å². The van der Waals surface area contributed by atoms with Crippen molar-refractivity contribution in [3.8, 4) is 11.4 Å². The zero-order chi connectivity index (χ0) is 15.4. The second-order valence-corrected chi connectivity index (χ2v) is 5.29. The summed E-state index contributed by atoms with van der Waals surface area (Å²) in [6, 6.07) is 9.12. The second kappa shape index (κ2) is 6.43. The molecule has 1 aromatic carbocycles. The lowest BCUT2D eigenvalue weighted by atomic mass is 10.2. The fourth-order valence-corrected chi connectivity index (χ4v) is 1.95. The molecule has 1 heterocycles. The van der Waals surface area contributed by atoms with Crippen LogP contribution in [0.2, 0.25) is 0 Å². The molecule has 0 radical (unpaired) electrons. The normalized spacial score (nSPS) is 10.9. The second-order valence-electron chi connectivity index (χ2n) is 5.29. The molecule has 21 heavy (non-hydrogen) atoms. The molecule has 1 aromatic heterocycles. The van der Waals surface area contributed by atoms with Crippen LogP contribution in [0.15, 0.2) is 30.3 Å². The smallest absolute Gasteiger partial charge is 0.356 e. The molecule has 0 aliphatic rings. The van der Waals surface area contributed by atoms with Crippen LogP contribution in [-0.4, -0.2) is 27.5 Å². The summed E-state index contributed by atoms with van der Waals surface area (Å²) in [7, 11) is 0. The van der Waals surface area contributed by atoms with E-state index in [0.717, 1.165) is 17.1 Å². The number of hydrogen-bond acceptors (Lipinski definition) is 3. The fraction of sp³-hybridized carbons (Fsp3) is 0.375. The third-order valence-corrected chi connectivity index (χ3v) is 3.03. The molecule has 2 rings (SSSR count). The number of aromatic nitrogens is 2. The van der Waals surface area contributed by atoms with Crippen LogP contribution >= 0.6 is 0 Å². The van der Waals surface area contributed by atoms with Crippen LogP contribution in [0.25, 0.3) is 5.69 Å². The highest BCUT2D eigenvalue weighted by atomic mass is 16.5. The van der Waals surface area contributed by atoms with Gasteiger partial charge in [0.2, 0.25) is 0 Å². The van der Waals surface area contributed by atoms with E-state index in [-0.39, 0.29) is 5.69 Å². The highest BCUT2D eigenvalue weighted by Gasteiger charge is 2.13. The average Bonchev–Trinajstić information content (AvgIpc) is 2.90. The molecule has 5 heteroatoms. The molecule has 0 atom stereocenters. The Morgan fingerprint density at radius 2 is 2.00 bits per heavy atom. The number of hydrogen-bond donors (Lipinski definition) is 1. The molecule has 5 nitrogen and oxygen atoms in total. The predicted octanol–water partition coefficient (Wildman–Crippen LogP) is 3.17. The largest absolute Gasteiger partial charge is 0.493 e. The number of rotatable bonds is 6. The van der Waals surface area contributed by atoms with Gasteiger partial charge in [0, 0.05) is 5.69 Å². The average molecular weight is 288 g/mol. The third-order valence-electron chi connectivity index (χ3n) is 3.03. The topological polar surface area (TPSA) is 64.3 Å². The van der Waals surface area contributed by atoms with E-state index in [0.29, 0.717) is 18.9 Å². The van der Waals surface area contributed by atoms with E-state index in [1.54, 1.807) is 10.7 Å². The lowest BCUT2D eigenvalue weighted by Crippen LogP contribution is -2.05. The highest BCUT2D eigenvalue weighted by Crippen LogP contribution is 2.18. The number of carboxylic acid groups (broad SMARTS) is 1. The maximum Gasteiger partial charge on any atom is 0.356 e. The van der Waals surface area contributed by atoms with Crippen LogP contribution in [0.3, 0.4) is 0 Å². The van der Waals surface area contributed by atoms with Gasteiger partial charge in [0.25, 0.3) is 0 Å². The molecule has 1 N–H and O–H groups in total. The lowest BCUT2D eigenvalue weighted by Gasteiger charge is -2.10. The van der Waals surface area contributed by atoms with Crippen LogP contribution in [0, 0.1) is 5.92 Å². The summed E-state index contributed by atoms with van der Waals surface area (Å²) in [4.78, 5) is 11.0. The Hall–Kier alpha value is -2.30. The summed E-state index contributed by atoms with van der Waals surface area (Å²) in [5.41, 5.74) is 1.76. The highest BCUT2D eigenvalue weighted by molar-refractivity contribution is 5.85. The first-order valence-corrected chi connectivity index (χ1v) is 7.06. The van der Waals surface area contributed by atoms with Gasteiger partial charge in [-0.05, 0) is 42.7 Å². The zero-order valence-electron chi connectivity index (χ0n) is 12.5. The Balaban J connectivity index is 2.24. The molecule has 112 valence electrons. The quantitative estimate of drug-likeness (QED) is 0.886. The number of aryl methyl sites for hydroxylation is 1. The van der Waals surface area contributed by atoms with Gasteiger partial charge >= 0.3 is 5.97 Å². The summed E-state index contributed by atoms with van der Waals surface area (Å²) in [6.45, 7) is 6.84. The van der Waals surface area contributed by atoms with Crippen molar-refractivity contribution >= 4 is 5.97 Å². The molecule has 0 saturated heterocycles. The van der Waals surface area contributed by atoms with Gasteiger partial charge < -0.3 is 9.84 Å². The van der Waals surface area contributed by atoms with Crippen molar-refractivity contribution in [3.63, 3.8) is 0 Å². The minimum atomic E-state index is -1.01. The Morgan fingerprint density at radius 1 is 1.33 bits per heavy atom. The third kappa shape index (κ3) is 3.62. The van der Waals surface area contributed by atoms with Gasteiger partial charge in [0.15, 0.2) is 5.69 Å². The van der Waals surface area contributed by atoms with E-state index in [4.69, 9.17) is 9.84 Å². The van der Waals surface area contributed by atoms with Crippen LogP contribution in [0.4, 0.5) is 0 Å². The van der Waals surface area contributed by atoms with Gasteiger partial charge in [-0.15, -0.1) is 0 Å². The molecule has 0 bridgehead atoms. The van der Waals surface area contributed by atoms with Gasteiger partial charge in [-0.2, -0.15) is 5.10 Å². The predicted molar refractivity (Wildman–Crippen MR) is 80.2 cm³/mol. The standard InChI is InChI=1S/C16H20N2O3/c1-4-12-9-15(16(19)20)17-18(12)13-5-7-14(8-6-13)21-10-11(2)3/h5-9,11H,4,10H2,1-3H3,(H,19,20). The van der Waals surface area contributed by atoms with Crippen molar-refractivity contribution in [1.82, 2.24) is 9.78 Å². The molecule has 0 unspecified atom stereocenters. The first kappa shape index (κ1) is 15.1. The Labute approximate surface area is 124 Å². The number of carbonyl (C=O) groups is 1. The molecule has 0 fully saturated rings. The molecule has 0 saturated carbocycles. The van der Waals surface area contributed by atoms with Crippen LogP contribution in [0.1, 0.15) is 37.0 Å². The minimum Gasteiger partial charge on any atom is -0.493 e. The number of benzene rings is 1. The Morgan fingerprint density at radius 3 is 2.52 bits per heavy atom. The summed E-state index contributed by atoms with van der Waals surface area (Å²) >= 11 is 0. The summed E-state index contributed by atoms with van der Waals surface area (Å²) in [6.07, 6.45) is 0.714. The first-order valence-electron chi connectivity index (χ1n) is 7.06. The molecule has 2 aromatic rings. The lowest BCUT2D eigenvalue weighted by molar-refractivity contribution is 0.0690. The van der Waals surface area contributed by atoms with Crippen LogP contribution in [-0.2, 0) is 6.42 Å². The monoisotopic (exact) mass is 288 g/mol. The van der Waals surface area contributed by atoms with Crippen molar-refractivity contribution in [1.29, 1.82) is 0 Å². The van der Waals surface area contributed by atoms with E-state index in [2.05, 4.69) is 18.9 Å². The van der Waals surface area contributed by atoms with Crippen LogP contribution in [0.5, 0.6) is 5.75 Å². The van der Waals surface area contributed by atoms with Crippen molar-refractivity contribution in [2.45, 2.75) is 27.2 Å². The minimum absolute atomic E-state index is 0.0620. The van der Waals surface area contributed by atoms with Crippen molar-refractivity contribution in [2.24, 2.45) is 5.92 Å². The van der Waals surface area contributed by atoms with Gasteiger partial charge in [0.05, 0.1) is 12.3 Å². The number of aromatic carboxylic acids is 1. The van der Waals surface area contributed by atoms with E-state index >= 15 is 0 Å². The maximum absolute atomic E-state index is 11.0. The van der Waals surface area contributed by atoms with E-state index in [1.165, 1.54) is 0 Å². The van der Waals surface area contributed by atoms with Crippen molar-refractivity contribution in [3.05, 3.63) is 41.7 Å². The molecule has 0 spiro atoms. The van der Waals surface area contributed by atoms with Crippen molar-refractivity contribution < 1.29 is 14.6 Å². The Bertz CT molecular complexity index is 615. The zero-order valence-corrected chi connectivity index (χ0v) is 12.5. The molecular formula is C16H20N2O3. The van der Waals surface area contributed by atoms with Gasteiger partial charge in [0.1, 0.15) is 5.75 Å². The van der Waals surface area contributed by atoms with E-state index in [1.807, 2.05) is 31.2 Å². The van der Waals surface area contributed by atoms with Gasteiger partial charge in [-0.1, -0.05) is 20.8 Å². The molecular weight excluding hydrogens is 268 g/mol. The van der Waals surface area contributed by atoms with Gasteiger partial charge in [-0.3, -0.25) is 0 Å². The Kier molecular flexibility index (Phi) is 4.62. The van der Waals surface area contributed by atoms with Crippen molar-refractivity contribution in [2.75, 3.05) is 6.61 Å². The molecule has 0 aliphatic carbocycles. The summed E-state index contributed by atoms with van der Waals surface area (Å²) in [5, 5.41) is 13.2. The van der Waals surface area contributed by atoms with Gasteiger partial charge in [-0.25, -0.2) is 9.48 Å². The SMILES string of the molecule is CCc1cc(C(=O)O)nn1-c1ccc(OCC(C)C)cc1.